The predicted molar refractivity (Wildman–Crippen MR) is 78.8 cm³/mol. The number of hydrogen-bond acceptors (Lipinski definition) is 4. The Bertz CT molecular complexity index is 504. The van der Waals surface area contributed by atoms with Crippen LogP contribution in [-0.2, 0) is 9.59 Å². The number of primary amides is 1. The van der Waals surface area contributed by atoms with Crippen LogP contribution in [0.4, 0.5) is 4.79 Å². The summed E-state index contributed by atoms with van der Waals surface area (Å²) in [4.78, 5) is 35.1. The second-order valence-electron chi connectivity index (χ2n) is 4.67. The molecule has 0 spiro atoms. The number of thiophene rings is 1. The van der Waals surface area contributed by atoms with Crippen LogP contribution < -0.4 is 16.4 Å². The zero-order chi connectivity index (χ0) is 16.0. The largest absolute Gasteiger partial charge is 0.479 e. The van der Waals surface area contributed by atoms with Gasteiger partial charge in [0.1, 0.15) is 6.04 Å². The van der Waals surface area contributed by atoms with Crippen molar-refractivity contribution in [1.29, 1.82) is 0 Å². The number of hydrogen-bond donors (Lipinski definition) is 4. The van der Waals surface area contributed by atoms with E-state index in [1.54, 1.807) is 24.4 Å². The lowest BCUT2D eigenvalue weighted by atomic mass is 9.98. The number of carboxylic acids is 1. The number of nitrogens with one attached hydrogen (secondary N) is 2. The van der Waals surface area contributed by atoms with Crippen molar-refractivity contribution >= 4 is 29.2 Å². The van der Waals surface area contributed by atoms with Gasteiger partial charge in [0.05, 0.1) is 0 Å². The number of aliphatic carboxylic acids is 1. The van der Waals surface area contributed by atoms with E-state index in [0.717, 1.165) is 0 Å². The summed E-state index contributed by atoms with van der Waals surface area (Å²) in [5.41, 5.74) is 5.06. The SMILES string of the molecule is CCC(C)C(NC(N)=O)C(=O)NC(C(=O)O)c1cccs1. The van der Waals surface area contributed by atoms with E-state index >= 15 is 0 Å². The first-order valence-corrected chi connectivity index (χ1v) is 7.37. The molecule has 7 nitrogen and oxygen atoms in total. The Balaban J connectivity index is 2.87. The van der Waals surface area contributed by atoms with Gasteiger partial charge in [-0.3, -0.25) is 4.79 Å². The van der Waals surface area contributed by atoms with E-state index in [2.05, 4.69) is 10.6 Å². The van der Waals surface area contributed by atoms with Crippen LogP contribution in [0.3, 0.4) is 0 Å². The third-order valence-corrected chi connectivity index (χ3v) is 4.09. The minimum atomic E-state index is -1.16. The number of carboxylic acid groups (broad SMARTS) is 1. The maximum Gasteiger partial charge on any atom is 0.331 e. The van der Waals surface area contributed by atoms with Crippen molar-refractivity contribution in [2.24, 2.45) is 11.7 Å². The van der Waals surface area contributed by atoms with Crippen molar-refractivity contribution in [2.75, 3.05) is 0 Å². The zero-order valence-electron chi connectivity index (χ0n) is 11.8. The minimum Gasteiger partial charge on any atom is -0.479 e. The second-order valence-corrected chi connectivity index (χ2v) is 5.65. The predicted octanol–water partition coefficient (Wildman–Crippen LogP) is 1.07. The van der Waals surface area contributed by atoms with Gasteiger partial charge in [-0.25, -0.2) is 9.59 Å². The molecule has 3 amide bonds. The fourth-order valence-corrected chi connectivity index (χ4v) is 2.56. The van der Waals surface area contributed by atoms with Crippen LogP contribution in [0, 0.1) is 5.92 Å². The van der Waals surface area contributed by atoms with E-state index < -0.39 is 30.0 Å². The van der Waals surface area contributed by atoms with E-state index in [0.29, 0.717) is 11.3 Å². The van der Waals surface area contributed by atoms with Gasteiger partial charge < -0.3 is 21.5 Å². The summed E-state index contributed by atoms with van der Waals surface area (Å²) in [6.45, 7) is 3.64. The average molecular weight is 313 g/mol. The van der Waals surface area contributed by atoms with E-state index in [4.69, 9.17) is 5.73 Å². The fourth-order valence-electron chi connectivity index (χ4n) is 1.80. The van der Waals surface area contributed by atoms with Crippen LogP contribution >= 0.6 is 11.3 Å². The third kappa shape index (κ3) is 4.75. The molecule has 1 heterocycles. The molecule has 0 bridgehead atoms. The van der Waals surface area contributed by atoms with Gasteiger partial charge in [-0.05, 0) is 17.4 Å². The number of urea groups is 1. The third-order valence-electron chi connectivity index (χ3n) is 3.15. The summed E-state index contributed by atoms with van der Waals surface area (Å²) >= 11 is 1.23. The number of amides is 3. The van der Waals surface area contributed by atoms with Gasteiger partial charge in [-0.2, -0.15) is 0 Å². The number of nitrogens with two attached hydrogens (primary N) is 1. The fraction of sp³-hybridized carbons (Fsp3) is 0.462. The maximum absolute atomic E-state index is 12.2. The molecular weight excluding hydrogens is 294 g/mol. The molecule has 8 heteroatoms. The van der Waals surface area contributed by atoms with E-state index in [-0.39, 0.29) is 5.92 Å². The lowest BCUT2D eigenvalue weighted by Crippen LogP contribution is -2.53. The van der Waals surface area contributed by atoms with Crippen molar-refractivity contribution < 1.29 is 19.5 Å². The number of carbonyl (C=O) groups is 3. The molecule has 0 aliphatic carbocycles. The van der Waals surface area contributed by atoms with Gasteiger partial charge in [0, 0.05) is 4.88 Å². The molecule has 0 saturated carbocycles. The molecule has 0 radical (unpaired) electrons. The van der Waals surface area contributed by atoms with Gasteiger partial charge in [0.15, 0.2) is 6.04 Å². The summed E-state index contributed by atoms with van der Waals surface area (Å²) in [7, 11) is 0. The zero-order valence-corrected chi connectivity index (χ0v) is 12.6. The highest BCUT2D eigenvalue weighted by Gasteiger charge is 2.30. The quantitative estimate of drug-likeness (QED) is 0.601. The summed E-state index contributed by atoms with van der Waals surface area (Å²) in [6.07, 6.45) is 0.634. The second kappa shape index (κ2) is 7.63. The van der Waals surface area contributed by atoms with E-state index in [1.807, 2.05) is 6.92 Å². The van der Waals surface area contributed by atoms with E-state index in [9.17, 15) is 19.5 Å². The van der Waals surface area contributed by atoms with Crippen LogP contribution in [0.15, 0.2) is 17.5 Å². The molecule has 3 atom stereocenters. The maximum atomic E-state index is 12.2. The Morgan fingerprint density at radius 2 is 2.05 bits per heavy atom. The van der Waals surface area contributed by atoms with Crippen LogP contribution in [0.25, 0.3) is 0 Å². The standard InChI is InChI=1S/C13H19N3O4S/c1-3-7(2)9(16-13(14)20)11(17)15-10(12(18)19)8-5-4-6-21-8/h4-7,9-10H,3H2,1-2H3,(H,15,17)(H,18,19)(H3,14,16,20). The van der Waals surface area contributed by atoms with Gasteiger partial charge in [0.25, 0.3) is 0 Å². The first-order valence-electron chi connectivity index (χ1n) is 6.49. The number of carbonyl (C=O) groups excluding carboxylic acids is 2. The highest BCUT2D eigenvalue weighted by molar-refractivity contribution is 7.10. The molecule has 0 aliphatic heterocycles. The normalized spacial score (nSPS) is 14.8. The van der Waals surface area contributed by atoms with Crippen molar-refractivity contribution in [2.45, 2.75) is 32.4 Å². The highest BCUT2D eigenvalue weighted by Crippen LogP contribution is 2.20. The van der Waals surface area contributed by atoms with E-state index in [1.165, 1.54) is 11.3 Å². The first-order chi connectivity index (χ1) is 9.86. The molecule has 116 valence electrons. The summed E-state index contributed by atoms with van der Waals surface area (Å²) in [5.74, 6) is -1.90. The molecule has 0 fully saturated rings. The molecule has 0 aromatic carbocycles. The van der Waals surface area contributed by atoms with Gasteiger partial charge in [0.2, 0.25) is 5.91 Å². The molecule has 21 heavy (non-hydrogen) atoms. The van der Waals surface area contributed by atoms with Crippen LogP contribution in [0.1, 0.15) is 31.2 Å². The summed E-state index contributed by atoms with van der Waals surface area (Å²) in [6, 6.07) is 0.505. The van der Waals surface area contributed by atoms with Gasteiger partial charge in [-0.1, -0.05) is 26.3 Å². The molecule has 1 aromatic heterocycles. The molecule has 1 rings (SSSR count). The lowest BCUT2D eigenvalue weighted by Gasteiger charge is -2.24. The lowest BCUT2D eigenvalue weighted by molar-refractivity contribution is -0.142. The Morgan fingerprint density at radius 3 is 2.48 bits per heavy atom. The number of rotatable bonds is 7. The molecule has 0 saturated heterocycles. The average Bonchev–Trinajstić information content (AvgIpc) is 2.94. The van der Waals surface area contributed by atoms with Crippen molar-refractivity contribution in [3.05, 3.63) is 22.4 Å². The molecule has 0 aliphatic rings. The Hall–Kier alpha value is -2.09. The topological polar surface area (TPSA) is 122 Å². The Labute approximate surface area is 126 Å². The minimum absolute atomic E-state index is 0.171. The molecule has 3 unspecified atom stereocenters. The Kier molecular flexibility index (Phi) is 6.16. The summed E-state index contributed by atoms with van der Waals surface area (Å²) < 4.78 is 0. The van der Waals surface area contributed by atoms with Gasteiger partial charge >= 0.3 is 12.0 Å². The molecular formula is C13H19N3O4S. The van der Waals surface area contributed by atoms with Crippen LogP contribution in [-0.4, -0.2) is 29.1 Å². The van der Waals surface area contributed by atoms with Crippen molar-refractivity contribution in [3.63, 3.8) is 0 Å². The monoisotopic (exact) mass is 313 g/mol. The van der Waals surface area contributed by atoms with Crippen LogP contribution in [0.2, 0.25) is 0 Å². The smallest absolute Gasteiger partial charge is 0.331 e. The molecule has 5 N–H and O–H groups in total. The Morgan fingerprint density at radius 1 is 1.38 bits per heavy atom. The highest BCUT2D eigenvalue weighted by atomic mass is 32.1. The van der Waals surface area contributed by atoms with Gasteiger partial charge in [-0.15, -0.1) is 11.3 Å². The van der Waals surface area contributed by atoms with Crippen molar-refractivity contribution in [1.82, 2.24) is 10.6 Å². The van der Waals surface area contributed by atoms with Crippen molar-refractivity contribution in [3.8, 4) is 0 Å². The first kappa shape index (κ1) is 17.0. The summed E-state index contributed by atoms with van der Waals surface area (Å²) in [5, 5.41) is 15.8. The molecule has 1 aromatic rings. The van der Waals surface area contributed by atoms with Crippen LogP contribution in [0.5, 0.6) is 0 Å².